The number of nitrogens with one attached hydrogen (secondary N) is 1. The van der Waals surface area contributed by atoms with E-state index in [1.165, 1.54) is 53.8 Å². The molecule has 0 unspecified atom stereocenters. The summed E-state index contributed by atoms with van der Waals surface area (Å²) in [4.78, 5) is 17.8. The Hall–Kier alpha value is -2.98. The predicted molar refractivity (Wildman–Crippen MR) is 106 cm³/mol. The molecule has 2 aromatic carbocycles. The second-order valence-electron chi connectivity index (χ2n) is 6.36. The lowest BCUT2D eigenvalue weighted by atomic mass is 10.1. The van der Waals surface area contributed by atoms with Gasteiger partial charge in [0.15, 0.2) is 0 Å². The van der Waals surface area contributed by atoms with E-state index in [-0.39, 0.29) is 17.7 Å². The zero-order valence-corrected chi connectivity index (χ0v) is 16.6. The Balaban J connectivity index is 1.37. The molecule has 7 nitrogen and oxygen atoms in total. The van der Waals surface area contributed by atoms with E-state index >= 15 is 0 Å². The van der Waals surface area contributed by atoms with Crippen LogP contribution in [0.25, 0.3) is 0 Å². The summed E-state index contributed by atoms with van der Waals surface area (Å²) in [7, 11) is -4.06. The number of amides is 1. The third-order valence-corrected chi connectivity index (χ3v) is 6.40. The molecule has 0 aliphatic carbocycles. The van der Waals surface area contributed by atoms with Crippen LogP contribution in [0.2, 0.25) is 0 Å². The van der Waals surface area contributed by atoms with E-state index in [0.29, 0.717) is 23.8 Å². The zero-order chi connectivity index (χ0) is 20.4. The van der Waals surface area contributed by atoms with Gasteiger partial charge < -0.3 is 9.64 Å². The van der Waals surface area contributed by atoms with Gasteiger partial charge in [-0.3, -0.25) is 9.52 Å². The Morgan fingerprint density at radius 2 is 1.90 bits per heavy atom. The van der Waals surface area contributed by atoms with Gasteiger partial charge in [0.1, 0.15) is 16.8 Å². The van der Waals surface area contributed by atoms with Gasteiger partial charge in [0.2, 0.25) is 0 Å². The maximum absolute atomic E-state index is 13.8. The number of benzene rings is 2. The highest BCUT2D eigenvalue weighted by molar-refractivity contribution is 7.92. The fraction of sp³-hybridized carbons (Fsp3) is 0.158. The van der Waals surface area contributed by atoms with Gasteiger partial charge in [0, 0.05) is 22.8 Å². The fourth-order valence-electron chi connectivity index (χ4n) is 2.83. The minimum absolute atomic E-state index is 0.0862. The van der Waals surface area contributed by atoms with Crippen molar-refractivity contribution in [3.63, 3.8) is 0 Å². The van der Waals surface area contributed by atoms with Crippen LogP contribution in [-0.2, 0) is 10.0 Å². The normalized spacial score (nSPS) is 14.3. The topological polar surface area (TPSA) is 88.6 Å². The smallest absolute Gasteiger partial charge is 0.273 e. The van der Waals surface area contributed by atoms with Crippen molar-refractivity contribution in [3.8, 4) is 5.19 Å². The van der Waals surface area contributed by atoms with Gasteiger partial charge in [-0.15, -0.1) is 0 Å². The molecule has 3 aromatic rings. The number of hydrogen-bond acceptors (Lipinski definition) is 6. The van der Waals surface area contributed by atoms with Gasteiger partial charge in [0.05, 0.1) is 13.1 Å². The number of rotatable bonds is 6. The molecular formula is C19H16FN3O4S2. The van der Waals surface area contributed by atoms with Crippen LogP contribution in [0.1, 0.15) is 10.4 Å². The summed E-state index contributed by atoms with van der Waals surface area (Å²) in [5.74, 6) is -1.01. The number of ether oxygens (including phenoxy) is 1. The maximum atomic E-state index is 13.8. The molecule has 0 saturated carbocycles. The van der Waals surface area contributed by atoms with Crippen LogP contribution >= 0.6 is 11.3 Å². The van der Waals surface area contributed by atoms with Gasteiger partial charge in [-0.25, -0.2) is 17.8 Å². The molecule has 10 heteroatoms. The minimum Gasteiger partial charge on any atom is -0.463 e. The van der Waals surface area contributed by atoms with Crippen molar-refractivity contribution in [3.05, 3.63) is 71.5 Å². The zero-order valence-electron chi connectivity index (χ0n) is 15.0. The number of anilines is 1. The molecule has 150 valence electrons. The second kappa shape index (κ2) is 7.80. The number of thiazole rings is 1. The van der Waals surface area contributed by atoms with Crippen LogP contribution in [0.5, 0.6) is 5.19 Å². The molecule has 29 heavy (non-hydrogen) atoms. The Morgan fingerprint density at radius 1 is 1.17 bits per heavy atom. The van der Waals surface area contributed by atoms with Gasteiger partial charge >= 0.3 is 0 Å². The van der Waals surface area contributed by atoms with Gasteiger partial charge in [-0.1, -0.05) is 23.5 Å². The van der Waals surface area contributed by atoms with Crippen molar-refractivity contribution in [2.75, 3.05) is 17.8 Å². The number of halogens is 1. The van der Waals surface area contributed by atoms with Crippen LogP contribution in [0, 0.1) is 5.82 Å². The number of carbonyl (C=O) groups is 1. The van der Waals surface area contributed by atoms with Crippen LogP contribution < -0.4 is 9.46 Å². The lowest BCUT2D eigenvalue weighted by Crippen LogP contribution is -2.56. The minimum atomic E-state index is -4.06. The van der Waals surface area contributed by atoms with Crippen molar-refractivity contribution in [1.29, 1.82) is 0 Å². The summed E-state index contributed by atoms with van der Waals surface area (Å²) >= 11 is 1.40. The predicted octanol–water partition coefficient (Wildman–Crippen LogP) is 2.99. The molecular weight excluding hydrogens is 417 g/mol. The molecule has 0 spiro atoms. The van der Waals surface area contributed by atoms with Crippen LogP contribution in [0.15, 0.2) is 65.0 Å². The third kappa shape index (κ3) is 4.22. The summed E-state index contributed by atoms with van der Waals surface area (Å²) in [6.07, 6.45) is 1.57. The van der Waals surface area contributed by atoms with E-state index in [1.807, 2.05) is 5.38 Å². The largest absolute Gasteiger partial charge is 0.463 e. The van der Waals surface area contributed by atoms with Crippen molar-refractivity contribution < 1.29 is 22.3 Å². The molecule has 1 amide bonds. The fourth-order valence-corrected chi connectivity index (χ4v) is 4.52. The Morgan fingerprint density at radius 3 is 2.55 bits per heavy atom. The molecule has 1 aliphatic rings. The molecule has 1 saturated heterocycles. The van der Waals surface area contributed by atoms with Crippen molar-refractivity contribution in [2.45, 2.75) is 11.0 Å². The SMILES string of the molecule is O=C(c1ccc(NS(=O)(=O)c2ccccc2F)cc1)N1CC(Oc2nccs2)C1. The van der Waals surface area contributed by atoms with Crippen LogP contribution in [0.3, 0.4) is 0 Å². The van der Waals surface area contributed by atoms with E-state index in [0.717, 1.165) is 6.07 Å². The summed E-state index contributed by atoms with van der Waals surface area (Å²) in [6, 6.07) is 11.1. The summed E-state index contributed by atoms with van der Waals surface area (Å²) in [6.45, 7) is 0.917. The first-order valence-corrected chi connectivity index (χ1v) is 11.0. The quantitative estimate of drug-likeness (QED) is 0.646. The molecule has 1 aromatic heterocycles. The number of carbonyl (C=O) groups excluding carboxylic acids is 1. The first-order valence-electron chi connectivity index (χ1n) is 8.65. The highest BCUT2D eigenvalue weighted by Gasteiger charge is 2.33. The number of nitrogens with zero attached hydrogens (tertiary/aromatic N) is 2. The van der Waals surface area contributed by atoms with Gasteiger partial charge in [-0.05, 0) is 36.4 Å². The summed E-state index contributed by atoms with van der Waals surface area (Å²) in [5, 5.41) is 2.40. The molecule has 0 radical (unpaired) electrons. The number of likely N-dealkylation sites (tertiary alicyclic amines) is 1. The molecule has 1 aliphatic heterocycles. The van der Waals surface area contributed by atoms with E-state index in [4.69, 9.17) is 4.74 Å². The molecule has 1 fully saturated rings. The Bertz CT molecular complexity index is 1110. The highest BCUT2D eigenvalue weighted by atomic mass is 32.2. The first kappa shape index (κ1) is 19.3. The Kier molecular flexibility index (Phi) is 5.20. The van der Waals surface area contributed by atoms with E-state index in [9.17, 15) is 17.6 Å². The van der Waals surface area contributed by atoms with E-state index in [2.05, 4.69) is 9.71 Å². The number of hydrogen-bond donors (Lipinski definition) is 1. The average Bonchev–Trinajstić information content (AvgIpc) is 3.17. The van der Waals surface area contributed by atoms with E-state index in [1.54, 1.807) is 11.1 Å². The third-order valence-electron chi connectivity index (χ3n) is 4.32. The van der Waals surface area contributed by atoms with Gasteiger partial charge in [0.25, 0.3) is 21.1 Å². The highest BCUT2D eigenvalue weighted by Crippen LogP contribution is 2.23. The lowest BCUT2D eigenvalue weighted by Gasteiger charge is -2.38. The first-order chi connectivity index (χ1) is 13.9. The monoisotopic (exact) mass is 433 g/mol. The summed E-state index contributed by atoms with van der Waals surface area (Å²) in [5.41, 5.74) is 0.657. The lowest BCUT2D eigenvalue weighted by molar-refractivity contribution is 0.0177. The van der Waals surface area contributed by atoms with Crippen molar-refractivity contribution in [1.82, 2.24) is 9.88 Å². The molecule has 0 atom stereocenters. The number of aromatic nitrogens is 1. The summed E-state index contributed by atoms with van der Waals surface area (Å²) < 4.78 is 46.4. The van der Waals surface area contributed by atoms with Crippen LogP contribution in [-0.4, -0.2) is 43.4 Å². The Labute approximate surface area is 170 Å². The van der Waals surface area contributed by atoms with E-state index < -0.39 is 20.7 Å². The van der Waals surface area contributed by atoms with Crippen molar-refractivity contribution in [2.24, 2.45) is 0 Å². The second-order valence-corrected chi connectivity index (χ2v) is 8.87. The standard InChI is InChI=1S/C19H16FN3O4S2/c20-16-3-1-2-4-17(16)29(25,26)22-14-7-5-13(6-8-14)18(24)23-11-15(12-23)27-19-21-9-10-28-19/h1-10,15,22H,11-12H2. The van der Waals surface area contributed by atoms with Gasteiger partial charge in [-0.2, -0.15) is 0 Å². The van der Waals surface area contributed by atoms with Crippen molar-refractivity contribution >= 4 is 33.0 Å². The molecule has 1 N–H and O–H groups in total. The molecule has 0 bridgehead atoms. The average molecular weight is 433 g/mol. The number of sulfonamides is 1. The maximum Gasteiger partial charge on any atom is 0.273 e. The molecule has 2 heterocycles. The van der Waals surface area contributed by atoms with Crippen LogP contribution in [0.4, 0.5) is 10.1 Å². The molecule has 4 rings (SSSR count).